The number of carbonyl (C=O) groups excluding carboxylic acids is 1. The van der Waals surface area contributed by atoms with Crippen LogP contribution in [0.1, 0.15) is 30.3 Å². The van der Waals surface area contributed by atoms with Crippen molar-refractivity contribution < 1.29 is 9.53 Å². The Labute approximate surface area is 120 Å². The van der Waals surface area contributed by atoms with Crippen LogP contribution in [0.2, 0.25) is 0 Å². The SMILES string of the molecule is Cc1cccc([C@H]2CCCN2CCOC(=O)N(C)C)n1. The highest BCUT2D eigenvalue weighted by molar-refractivity contribution is 5.66. The Morgan fingerprint density at radius 1 is 1.50 bits per heavy atom. The first-order valence-corrected chi connectivity index (χ1v) is 7.09. The smallest absolute Gasteiger partial charge is 0.409 e. The molecule has 2 heterocycles. The third-order valence-electron chi connectivity index (χ3n) is 3.58. The molecule has 0 unspecified atom stereocenters. The predicted octanol–water partition coefficient (Wildman–Crippen LogP) is 2.23. The fourth-order valence-corrected chi connectivity index (χ4v) is 2.56. The number of pyridine rings is 1. The Hall–Kier alpha value is -1.62. The summed E-state index contributed by atoms with van der Waals surface area (Å²) in [5.41, 5.74) is 2.18. The van der Waals surface area contributed by atoms with E-state index < -0.39 is 0 Å². The first-order valence-electron chi connectivity index (χ1n) is 7.09. The summed E-state index contributed by atoms with van der Waals surface area (Å²) in [6, 6.07) is 6.51. The maximum absolute atomic E-state index is 11.4. The molecule has 2 rings (SSSR count). The summed E-state index contributed by atoms with van der Waals surface area (Å²) in [7, 11) is 3.38. The fourth-order valence-electron chi connectivity index (χ4n) is 2.56. The Balaban J connectivity index is 1.89. The molecule has 0 N–H and O–H groups in total. The molecule has 1 aromatic rings. The second kappa shape index (κ2) is 6.70. The summed E-state index contributed by atoms with van der Waals surface area (Å²) < 4.78 is 5.20. The summed E-state index contributed by atoms with van der Waals surface area (Å²) in [6.07, 6.45) is 2.01. The molecule has 0 saturated carbocycles. The monoisotopic (exact) mass is 277 g/mol. The molecule has 1 aliphatic heterocycles. The second-order valence-electron chi connectivity index (χ2n) is 5.41. The summed E-state index contributed by atoms with van der Waals surface area (Å²) in [6.45, 7) is 4.25. The van der Waals surface area contributed by atoms with Crippen molar-refractivity contribution in [3.05, 3.63) is 29.6 Å². The van der Waals surface area contributed by atoms with Gasteiger partial charge >= 0.3 is 6.09 Å². The van der Waals surface area contributed by atoms with E-state index in [9.17, 15) is 4.79 Å². The number of aromatic nitrogens is 1. The van der Waals surface area contributed by atoms with Crippen LogP contribution >= 0.6 is 0 Å². The van der Waals surface area contributed by atoms with Gasteiger partial charge in [0.1, 0.15) is 6.61 Å². The molecule has 1 saturated heterocycles. The highest BCUT2D eigenvalue weighted by Gasteiger charge is 2.26. The van der Waals surface area contributed by atoms with Crippen molar-refractivity contribution >= 4 is 6.09 Å². The normalized spacial score (nSPS) is 19.1. The summed E-state index contributed by atoms with van der Waals surface area (Å²) in [4.78, 5) is 19.8. The number of rotatable bonds is 4. The van der Waals surface area contributed by atoms with Gasteiger partial charge in [-0.3, -0.25) is 9.88 Å². The highest BCUT2D eigenvalue weighted by atomic mass is 16.6. The number of ether oxygens (including phenoxy) is 1. The van der Waals surface area contributed by atoms with E-state index in [1.165, 1.54) is 11.3 Å². The molecule has 0 radical (unpaired) electrons. The third-order valence-corrected chi connectivity index (χ3v) is 3.58. The quantitative estimate of drug-likeness (QED) is 0.846. The van der Waals surface area contributed by atoms with E-state index >= 15 is 0 Å². The molecule has 5 nitrogen and oxygen atoms in total. The largest absolute Gasteiger partial charge is 0.448 e. The standard InChI is InChI=1S/C15H23N3O2/c1-12-6-4-7-13(16-12)14-8-5-9-18(14)10-11-20-15(19)17(2)3/h4,6-7,14H,5,8-11H2,1-3H3/t14-/m1/s1. The Bertz CT molecular complexity index is 462. The predicted molar refractivity (Wildman–Crippen MR) is 77.6 cm³/mol. The van der Waals surface area contributed by atoms with Crippen LogP contribution in [0, 0.1) is 6.92 Å². The molecule has 0 spiro atoms. The van der Waals surface area contributed by atoms with Gasteiger partial charge in [0.15, 0.2) is 0 Å². The molecule has 0 aliphatic carbocycles. The van der Waals surface area contributed by atoms with Crippen LogP contribution < -0.4 is 0 Å². The number of hydrogen-bond donors (Lipinski definition) is 0. The Morgan fingerprint density at radius 3 is 3.00 bits per heavy atom. The van der Waals surface area contributed by atoms with Crippen LogP contribution in [0.15, 0.2) is 18.2 Å². The lowest BCUT2D eigenvalue weighted by Gasteiger charge is -2.24. The lowest BCUT2D eigenvalue weighted by Crippen LogP contribution is -2.31. The van der Waals surface area contributed by atoms with Gasteiger partial charge in [-0.25, -0.2) is 4.79 Å². The van der Waals surface area contributed by atoms with Crippen LogP contribution in [-0.2, 0) is 4.74 Å². The summed E-state index contributed by atoms with van der Waals surface area (Å²) in [5.74, 6) is 0. The average Bonchev–Trinajstić information content (AvgIpc) is 2.87. The zero-order chi connectivity index (χ0) is 14.5. The first-order chi connectivity index (χ1) is 9.58. The van der Waals surface area contributed by atoms with E-state index in [4.69, 9.17) is 4.74 Å². The van der Waals surface area contributed by atoms with Crippen LogP contribution in [0.25, 0.3) is 0 Å². The van der Waals surface area contributed by atoms with E-state index in [-0.39, 0.29) is 6.09 Å². The van der Waals surface area contributed by atoms with Crippen molar-refractivity contribution in [2.24, 2.45) is 0 Å². The average molecular weight is 277 g/mol. The van der Waals surface area contributed by atoms with Crippen molar-refractivity contribution in [2.75, 3.05) is 33.8 Å². The van der Waals surface area contributed by atoms with Gasteiger partial charge in [-0.15, -0.1) is 0 Å². The van der Waals surface area contributed by atoms with Gasteiger partial charge < -0.3 is 9.64 Å². The molecule has 0 aromatic carbocycles. The molecule has 110 valence electrons. The summed E-state index contributed by atoms with van der Waals surface area (Å²) >= 11 is 0. The minimum Gasteiger partial charge on any atom is -0.448 e. The lowest BCUT2D eigenvalue weighted by atomic mass is 10.1. The van der Waals surface area contributed by atoms with E-state index in [1.807, 2.05) is 13.0 Å². The van der Waals surface area contributed by atoms with Crippen molar-refractivity contribution in [3.8, 4) is 0 Å². The Kier molecular flexibility index (Phi) is 4.95. The summed E-state index contributed by atoms with van der Waals surface area (Å²) in [5, 5.41) is 0. The molecule has 1 amide bonds. The zero-order valence-electron chi connectivity index (χ0n) is 12.5. The Morgan fingerprint density at radius 2 is 2.30 bits per heavy atom. The minimum absolute atomic E-state index is 0.283. The molecule has 1 atom stereocenters. The molecular weight excluding hydrogens is 254 g/mol. The van der Waals surface area contributed by atoms with Crippen LogP contribution in [0.3, 0.4) is 0 Å². The zero-order valence-corrected chi connectivity index (χ0v) is 12.5. The van der Waals surface area contributed by atoms with E-state index in [2.05, 4.69) is 22.0 Å². The topological polar surface area (TPSA) is 45.7 Å². The van der Waals surface area contributed by atoms with E-state index in [0.717, 1.165) is 30.9 Å². The van der Waals surface area contributed by atoms with Gasteiger partial charge in [-0.1, -0.05) is 6.07 Å². The van der Waals surface area contributed by atoms with Crippen LogP contribution in [-0.4, -0.2) is 54.7 Å². The van der Waals surface area contributed by atoms with Crippen molar-refractivity contribution in [1.82, 2.24) is 14.8 Å². The van der Waals surface area contributed by atoms with Crippen LogP contribution in [0.5, 0.6) is 0 Å². The van der Waals surface area contributed by atoms with Crippen molar-refractivity contribution in [2.45, 2.75) is 25.8 Å². The molecule has 5 heteroatoms. The van der Waals surface area contributed by atoms with Gasteiger partial charge in [0.05, 0.1) is 11.7 Å². The first kappa shape index (κ1) is 14.8. The number of hydrogen-bond acceptors (Lipinski definition) is 4. The fraction of sp³-hybridized carbons (Fsp3) is 0.600. The molecule has 1 fully saturated rings. The number of likely N-dealkylation sites (tertiary alicyclic amines) is 1. The lowest BCUT2D eigenvalue weighted by molar-refractivity contribution is 0.101. The molecule has 1 aromatic heterocycles. The van der Waals surface area contributed by atoms with Crippen molar-refractivity contribution in [1.29, 1.82) is 0 Å². The second-order valence-corrected chi connectivity index (χ2v) is 5.41. The maximum Gasteiger partial charge on any atom is 0.409 e. The molecule has 20 heavy (non-hydrogen) atoms. The van der Waals surface area contributed by atoms with Crippen molar-refractivity contribution in [3.63, 3.8) is 0 Å². The third kappa shape index (κ3) is 3.70. The number of amides is 1. The van der Waals surface area contributed by atoms with Gasteiger partial charge in [0, 0.05) is 26.3 Å². The maximum atomic E-state index is 11.4. The van der Waals surface area contributed by atoms with E-state index in [0.29, 0.717) is 12.6 Å². The van der Waals surface area contributed by atoms with Gasteiger partial charge in [-0.2, -0.15) is 0 Å². The number of carbonyl (C=O) groups is 1. The van der Waals surface area contributed by atoms with Crippen LogP contribution in [0.4, 0.5) is 4.79 Å². The molecule has 1 aliphatic rings. The van der Waals surface area contributed by atoms with E-state index in [1.54, 1.807) is 14.1 Å². The molecule has 0 bridgehead atoms. The number of aryl methyl sites for hydroxylation is 1. The highest BCUT2D eigenvalue weighted by Crippen LogP contribution is 2.30. The number of nitrogens with zero attached hydrogens (tertiary/aromatic N) is 3. The van der Waals surface area contributed by atoms with Gasteiger partial charge in [0.25, 0.3) is 0 Å². The molecular formula is C15H23N3O2. The van der Waals surface area contributed by atoms with Gasteiger partial charge in [-0.05, 0) is 38.4 Å². The minimum atomic E-state index is -0.283. The van der Waals surface area contributed by atoms with Gasteiger partial charge in [0.2, 0.25) is 0 Å².